The molecule has 6 heteroatoms. The summed E-state index contributed by atoms with van der Waals surface area (Å²) in [5.41, 5.74) is 6.17. The summed E-state index contributed by atoms with van der Waals surface area (Å²) in [4.78, 5) is 10.0. The quantitative estimate of drug-likeness (QED) is 0.496. The molecule has 0 heterocycles. The molecule has 0 saturated carbocycles. The number of nitrogens with two attached hydrogens (primary N) is 1. The van der Waals surface area contributed by atoms with Crippen molar-refractivity contribution in [3.05, 3.63) is 58.4 Å². The van der Waals surface area contributed by atoms with Crippen LogP contribution >= 0.6 is 0 Å². The third-order valence-corrected chi connectivity index (χ3v) is 2.38. The third-order valence-electron chi connectivity index (χ3n) is 2.38. The predicted octanol–water partition coefficient (Wildman–Crippen LogP) is 3.06. The second-order valence-electron chi connectivity index (χ2n) is 3.64. The van der Waals surface area contributed by atoms with Gasteiger partial charge in [-0.2, -0.15) is 0 Å². The summed E-state index contributed by atoms with van der Waals surface area (Å²) < 4.78 is 13.4. The maximum Gasteiger partial charge on any atom is 0.292 e. The number of nitro groups is 1. The van der Waals surface area contributed by atoms with E-state index >= 15 is 0 Å². The van der Waals surface area contributed by atoms with Gasteiger partial charge in [-0.1, -0.05) is 12.1 Å². The molecule has 92 valence electrons. The van der Waals surface area contributed by atoms with Crippen LogP contribution in [-0.4, -0.2) is 4.92 Å². The Hall–Kier alpha value is -2.63. The van der Waals surface area contributed by atoms with Gasteiger partial charge in [-0.15, -0.1) is 0 Å². The van der Waals surface area contributed by atoms with Gasteiger partial charge in [0.15, 0.2) is 0 Å². The van der Waals surface area contributed by atoms with Crippen LogP contribution in [0.5, 0.6) is 0 Å². The predicted molar refractivity (Wildman–Crippen MR) is 67.2 cm³/mol. The monoisotopic (exact) mass is 247 g/mol. The smallest absolute Gasteiger partial charge is 0.292 e. The van der Waals surface area contributed by atoms with Crippen LogP contribution in [0, 0.1) is 15.9 Å². The molecule has 0 aliphatic carbocycles. The van der Waals surface area contributed by atoms with E-state index in [2.05, 4.69) is 5.32 Å². The van der Waals surface area contributed by atoms with E-state index in [1.54, 1.807) is 18.2 Å². The lowest BCUT2D eigenvalue weighted by Gasteiger charge is -2.08. The van der Waals surface area contributed by atoms with Gasteiger partial charge in [0, 0.05) is 11.8 Å². The molecule has 0 aliphatic rings. The third kappa shape index (κ3) is 2.37. The fourth-order valence-corrected chi connectivity index (χ4v) is 1.52. The normalized spacial score (nSPS) is 10.1. The van der Waals surface area contributed by atoms with E-state index in [1.165, 1.54) is 24.3 Å². The summed E-state index contributed by atoms with van der Waals surface area (Å²) in [6.07, 6.45) is 0. The van der Waals surface area contributed by atoms with Crippen LogP contribution in [0.15, 0.2) is 42.5 Å². The van der Waals surface area contributed by atoms with Gasteiger partial charge in [0.05, 0.1) is 10.6 Å². The first-order chi connectivity index (χ1) is 8.58. The van der Waals surface area contributed by atoms with Crippen molar-refractivity contribution in [1.29, 1.82) is 0 Å². The number of hydrogen-bond donors (Lipinski definition) is 2. The lowest BCUT2D eigenvalue weighted by molar-refractivity contribution is -0.383. The Balaban J connectivity index is 2.29. The van der Waals surface area contributed by atoms with Gasteiger partial charge in [-0.05, 0) is 24.3 Å². The minimum atomic E-state index is -0.567. The summed E-state index contributed by atoms with van der Waals surface area (Å²) in [6.45, 7) is 0. The fourth-order valence-electron chi connectivity index (χ4n) is 1.52. The maximum absolute atomic E-state index is 13.4. The fraction of sp³-hybridized carbons (Fsp3) is 0. The van der Waals surface area contributed by atoms with Crippen molar-refractivity contribution >= 4 is 22.7 Å². The van der Waals surface area contributed by atoms with E-state index in [0.717, 1.165) is 0 Å². The topological polar surface area (TPSA) is 81.2 Å². The largest absolute Gasteiger partial charge is 0.393 e. The molecule has 2 aromatic carbocycles. The minimum Gasteiger partial charge on any atom is -0.393 e. The van der Waals surface area contributed by atoms with Crippen molar-refractivity contribution in [1.82, 2.24) is 0 Å². The molecule has 0 bridgehead atoms. The molecule has 0 fully saturated rings. The second kappa shape index (κ2) is 4.70. The Kier molecular flexibility index (Phi) is 3.09. The maximum atomic E-state index is 13.4. The summed E-state index contributed by atoms with van der Waals surface area (Å²) in [7, 11) is 0. The average Bonchev–Trinajstić information content (AvgIpc) is 2.32. The summed E-state index contributed by atoms with van der Waals surface area (Å²) >= 11 is 0. The highest BCUT2D eigenvalue weighted by Crippen LogP contribution is 2.27. The number of rotatable bonds is 3. The molecule has 0 amide bonds. The van der Waals surface area contributed by atoms with Crippen LogP contribution in [0.3, 0.4) is 0 Å². The molecule has 18 heavy (non-hydrogen) atoms. The Bertz CT molecular complexity index is 602. The summed E-state index contributed by atoms with van der Waals surface area (Å²) in [5, 5.41) is 13.4. The highest BCUT2D eigenvalue weighted by atomic mass is 19.1. The van der Waals surface area contributed by atoms with E-state index in [1.807, 2.05) is 0 Å². The molecule has 0 aromatic heterocycles. The number of halogens is 1. The van der Waals surface area contributed by atoms with E-state index in [4.69, 9.17) is 5.73 Å². The van der Waals surface area contributed by atoms with Crippen LogP contribution in [0.1, 0.15) is 0 Å². The van der Waals surface area contributed by atoms with Crippen molar-refractivity contribution in [2.75, 3.05) is 11.1 Å². The lowest BCUT2D eigenvalue weighted by Crippen LogP contribution is -1.98. The molecular weight excluding hydrogens is 237 g/mol. The number of nitrogens with one attached hydrogen (secondary N) is 1. The zero-order valence-corrected chi connectivity index (χ0v) is 9.26. The number of anilines is 3. The van der Waals surface area contributed by atoms with E-state index in [9.17, 15) is 14.5 Å². The summed E-state index contributed by atoms with van der Waals surface area (Å²) in [6, 6.07) is 10.3. The molecule has 2 aromatic rings. The molecular formula is C12H10FN3O2. The molecule has 2 rings (SSSR count). The molecule has 3 N–H and O–H groups in total. The molecule has 0 radical (unpaired) electrons. The van der Waals surface area contributed by atoms with Gasteiger partial charge < -0.3 is 11.1 Å². The number of nitrogens with zero attached hydrogens (tertiary/aromatic N) is 1. The van der Waals surface area contributed by atoms with Crippen molar-refractivity contribution < 1.29 is 9.31 Å². The van der Waals surface area contributed by atoms with Crippen LogP contribution in [-0.2, 0) is 0 Å². The van der Waals surface area contributed by atoms with Crippen molar-refractivity contribution in [3.63, 3.8) is 0 Å². The number of nitro benzene ring substituents is 1. The van der Waals surface area contributed by atoms with E-state index < -0.39 is 10.7 Å². The Morgan fingerprint density at radius 1 is 1.22 bits per heavy atom. The molecule has 5 nitrogen and oxygen atoms in total. The summed E-state index contributed by atoms with van der Waals surface area (Å²) in [5.74, 6) is -0.408. The lowest BCUT2D eigenvalue weighted by atomic mass is 10.2. The van der Waals surface area contributed by atoms with E-state index in [-0.39, 0.29) is 17.1 Å². The first kappa shape index (κ1) is 11.8. The van der Waals surface area contributed by atoms with Gasteiger partial charge in [-0.25, -0.2) is 4.39 Å². The number of benzene rings is 2. The number of hydrogen-bond acceptors (Lipinski definition) is 4. The number of nitrogen functional groups attached to an aromatic ring is 1. The molecule has 0 spiro atoms. The molecule has 0 unspecified atom stereocenters. The Morgan fingerprint density at radius 3 is 2.56 bits per heavy atom. The van der Waals surface area contributed by atoms with Gasteiger partial charge in [0.1, 0.15) is 11.5 Å². The Labute approximate surface area is 102 Å². The van der Waals surface area contributed by atoms with Crippen LogP contribution in [0.2, 0.25) is 0 Å². The Morgan fingerprint density at radius 2 is 1.94 bits per heavy atom. The first-order valence-corrected chi connectivity index (χ1v) is 5.13. The second-order valence-corrected chi connectivity index (χ2v) is 3.64. The van der Waals surface area contributed by atoms with Crippen LogP contribution in [0.25, 0.3) is 0 Å². The minimum absolute atomic E-state index is 0.0290. The van der Waals surface area contributed by atoms with Crippen molar-refractivity contribution in [2.45, 2.75) is 0 Å². The van der Waals surface area contributed by atoms with Gasteiger partial charge >= 0.3 is 0 Å². The standard InChI is InChI=1S/C12H10FN3O2/c13-9-3-1-2-4-11(9)15-8-5-6-12(16(17)18)10(14)7-8/h1-7,15H,14H2. The highest BCUT2D eigenvalue weighted by Gasteiger charge is 2.11. The number of para-hydroxylation sites is 1. The SMILES string of the molecule is Nc1cc(Nc2ccccc2F)ccc1[N+](=O)[O-]. The molecule has 0 saturated heterocycles. The zero-order chi connectivity index (χ0) is 13.1. The zero-order valence-electron chi connectivity index (χ0n) is 9.26. The van der Waals surface area contributed by atoms with Gasteiger partial charge in [0.2, 0.25) is 0 Å². The van der Waals surface area contributed by atoms with E-state index in [0.29, 0.717) is 5.69 Å². The van der Waals surface area contributed by atoms with Gasteiger partial charge in [-0.3, -0.25) is 10.1 Å². The van der Waals surface area contributed by atoms with Gasteiger partial charge in [0.25, 0.3) is 5.69 Å². The molecule has 0 atom stereocenters. The molecule has 0 aliphatic heterocycles. The highest BCUT2D eigenvalue weighted by molar-refractivity contribution is 5.70. The van der Waals surface area contributed by atoms with Crippen molar-refractivity contribution in [3.8, 4) is 0 Å². The van der Waals surface area contributed by atoms with Crippen LogP contribution < -0.4 is 11.1 Å². The average molecular weight is 247 g/mol. The van der Waals surface area contributed by atoms with Crippen molar-refractivity contribution in [2.24, 2.45) is 0 Å². The first-order valence-electron chi connectivity index (χ1n) is 5.13. The van der Waals surface area contributed by atoms with Crippen LogP contribution in [0.4, 0.5) is 27.1 Å².